The number of hydrogen-bond acceptors (Lipinski definition) is 6. The number of methoxy groups -OCH3 is 2. The smallest absolute Gasteiger partial charge is 0.283 e. The van der Waals surface area contributed by atoms with Crippen molar-refractivity contribution in [3.05, 3.63) is 35.7 Å². The fourth-order valence-electron chi connectivity index (χ4n) is 2.86. The molecule has 3 aromatic rings. The molecule has 2 N–H and O–H groups in total. The Morgan fingerprint density at radius 1 is 1.27 bits per heavy atom. The standard InChI is InChI=1S/C16H16N6O3.ClH/c1-24-12-5-10-11(6-13(12)25-2)20-16(22-4-3-17-14(10)22)21-15(23)9-7-18-19-8-9;/h5-8,17H,3-4H2,1-2H3,(H,18,19);1H. The Kier molecular flexibility index (Phi) is 4.81. The molecular formula is C16H17ClN6O3. The average Bonchev–Trinajstić information content (AvgIpc) is 3.32. The van der Waals surface area contributed by atoms with Crippen molar-refractivity contribution in [2.24, 2.45) is 4.99 Å². The SMILES string of the molecule is COc1cc2nc(=NC(=O)c3cn[nH]c3)n3c(c2cc1OC)NCC3.Cl. The Hall–Kier alpha value is -3.07. The molecule has 1 aliphatic rings. The number of fused-ring (bicyclic) bond motifs is 3. The Bertz CT molecular complexity index is 1030. The van der Waals surface area contributed by atoms with Gasteiger partial charge in [-0.15, -0.1) is 12.4 Å². The number of hydrogen-bond donors (Lipinski definition) is 2. The van der Waals surface area contributed by atoms with Gasteiger partial charge in [-0.1, -0.05) is 0 Å². The van der Waals surface area contributed by atoms with E-state index in [1.54, 1.807) is 20.3 Å². The molecule has 0 aliphatic carbocycles. The van der Waals surface area contributed by atoms with E-state index >= 15 is 0 Å². The number of nitrogens with zero attached hydrogens (tertiary/aromatic N) is 4. The summed E-state index contributed by atoms with van der Waals surface area (Å²) in [7, 11) is 3.16. The molecule has 1 amide bonds. The van der Waals surface area contributed by atoms with Crippen molar-refractivity contribution < 1.29 is 14.3 Å². The van der Waals surface area contributed by atoms with Gasteiger partial charge in [0.15, 0.2) is 11.5 Å². The second-order valence-electron chi connectivity index (χ2n) is 5.47. The molecule has 0 saturated carbocycles. The molecule has 0 fully saturated rings. The van der Waals surface area contributed by atoms with Crippen molar-refractivity contribution in [2.45, 2.75) is 6.54 Å². The predicted molar refractivity (Wildman–Crippen MR) is 97.1 cm³/mol. The Labute approximate surface area is 154 Å². The maximum atomic E-state index is 12.3. The monoisotopic (exact) mass is 376 g/mol. The lowest BCUT2D eigenvalue weighted by molar-refractivity contribution is 0.0996. The summed E-state index contributed by atoms with van der Waals surface area (Å²) in [4.78, 5) is 21.0. The molecule has 1 aliphatic heterocycles. The van der Waals surface area contributed by atoms with Gasteiger partial charge in [0.25, 0.3) is 5.91 Å². The molecule has 26 heavy (non-hydrogen) atoms. The maximum Gasteiger partial charge on any atom is 0.283 e. The normalized spacial score (nSPS) is 13.1. The van der Waals surface area contributed by atoms with E-state index in [-0.39, 0.29) is 12.4 Å². The molecule has 0 radical (unpaired) electrons. The third kappa shape index (κ3) is 2.86. The van der Waals surface area contributed by atoms with Gasteiger partial charge in [-0.25, -0.2) is 4.98 Å². The van der Waals surface area contributed by atoms with Crippen molar-refractivity contribution in [1.82, 2.24) is 19.7 Å². The van der Waals surface area contributed by atoms with E-state index in [9.17, 15) is 4.79 Å². The van der Waals surface area contributed by atoms with Crippen molar-refractivity contribution in [3.63, 3.8) is 0 Å². The van der Waals surface area contributed by atoms with Gasteiger partial charge in [0.1, 0.15) is 5.82 Å². The molecule has 0 bridgehead atoms. The third-order valence-electron chi connectivity index (χ3n) is 4.06. The molecule has 136 valence electrons. The number of carbonyl (C=O) groups is 1. The number of aromatic nitrogens is 4. The van der Waals surface area contributed by atoms with Gasteiger partial charge in [0.05, 0.1) is 31.5 Å². The van der Waals surface area contributed by atoms with E-state index in [1.165, 1.54) is 12.4 Å². The lowest BCUT2D eigenvalue weighted by Gasteiger charge is -2.12. The van der Waals surface area contributed by atoms with Gasteiger partial charge < -0.3 is 14.8 Å². The second-order valence-corrected chi connectivity index (χ2v) is 5.47. The van der Waals surface area contributed by atoms with Crippen LogP contribution in [0.2, 0.25) is 0 Å². The highest BCUT2D eigenvalue weighted by atomic mass is 35.5. The number of halogens is 1. The second kappa shape index (κ2) is 7.04. The van der Waals surface area contributed by atoms with Crippen LogP contribution < -0.4 is 20.4 Å². The number of anilines is 1. The largest absolute Gasteiger partial charge is 0.493 e. The summed E-state index contributed by atoms with van der Waals surface area (Å²) in [6.45, 7) is 1.40. The van der Waals surface area contributed by atoms with Crippen LogP contribution in [0.15, 0.2) is 29.5 Å². The van der Waals surface area contributed by atoms with E-state index < -0.39 is 5.91 Å². The molecule has 0 saturated heterocycles. The summed E-state index contributed by atoms with van der Waals surface area (Å²) < 4.78 is 12.6. The molecule has 0 spiro atoms. The van der Waals surface area contributed by atoms with Gasteiger partial charge in [-0.3, -0.25) is 14.5 Å². The highest BCUT2D eigenvalue weighted by Gasteiger charge is 2.18. The number of nitrogens with one attached hydrogen (secondary N) is 2. The number of carbonyl (C=O) groups excluding carboxylic acids is 1. The van der Waals surface area contributed by atoms with Crippen LogP contribution >= 0.6 is 12.4 Å². The summed E-state index contributed by atoms with van der Waals surface area (Å²) in [5.74, 6) is 1.64. The Morgan fingerprint density at radius 3 is 2.73 bits per heavy atom. The average molecular weight is 377 g/mol. The summed E-state index contributed by atoms with van der Waals surface area (Å²) >= 11 is 0. The summed E-state index contributed by atoms with van der Waals surface area (Å²) in [5, 5.41) is 10.6. The number of aromatic amines is 1. The number of benzene rings is 1. The van der Waals surface area contributed by atoms with Crippen molar-refractivity contribution in [1.29, 1.82) is 0 Å². The van der Waals surface area contributed by atoms with Gasteiger partial charge in [0.2, 0.25) is 5.62 Å². The van der Waals surface area contributed by atoms with Crippen LogP contribution in [0, 0.1) is 0 Å². The van der Waals surface area contributed by atoms with Crippen molar-refractivity contribution in [3.8, 4) is 11.5 Å². The van der Waals surface area contributed by atoms with Crippen LogP contribution in [-0.4, -0.2) is 46.4 Å². The molecule has 0 atom stereocenters. The zero-order chi connectivity index (χ0) is 17.4. The topological polar surface area (TPSA) is 106 Å². The highest BCUT2D eigenvalue weighted by Crippen LogP contribution is 2.34. The van der Waals surface area contributed by atoms with Gasteiger partial charge in [-0.2, -0.15) is 10.1 Å². The van der Waals surface area contributed by atoms with Crippen LogP contribution in [0.5, 0.6) is 11.5 Å². The Balaban J connectivity index is 0.00000196. The Morgan fingerprint density at radius 2 is 2.04 bits per heavy atom. The molecule has 0 unspecified atom stereocenters. The van der Waals surface area contributed by atoms with Gasteiger partial charge in [0, 0.05) is 30.7 Å². The minimum Gasteiger partial charge on any atom is -0.493 e. The van der Waals surface area contributed by atoms with Crippen LogP contribution in [0.25, 0.3) is 10.9 Å². The zero-order valence-corrected chi connectivity index (χ0v) is 15.0. The minimum absolute atomic E-state index is 0. The van der Waals surface area contributed by atoms with Gasteiger partial charge in [-0.05, 0) is 6.07 Å². The van der Waals surface area contributed by atoms with E-state index in [0.717, 1.165) is 17.7 Å². The van der Waals surface area contributed by atoms with Crippen molar-refractivity contribution >= 4 is 35.0 Å². The number of amides is 1. The van der Waals surface area contributed by atoms with E-state index in [0.29, 0.717) is 34.7 Å². The zero-order valence-electron chi connectivity index (χ0n) is 14.1. The molecule has 4 rings (SSSR count). The summed E-state index contributed by atoms with van der Waals surface area (Å²) in [6, 6.07) is 3.64. The summed E-state index contributed by atoms with van der Waals surface area (Å²) in [6.07, 6.45) is 2.94. The molecule has 9 nitrogen and oxygen atoms in total. The van der Waals surface area contributed by atoms with E-state index in [4.69, 9.17) is 9.47 Å². The first-order chi connectivity index (χ1) is 12.2. The van der Waals surface area contributed by atoms with Crippen LogP contribution in [-0.2, 0) is 6.54 Å². The molecule has 3 heterocycles. The minimum atomic E-state index is -0.400. The molecular weight excluding hydrogens is 360 g/mol. The van der Waals surface area contributed by atoms with Crippen LogP contribution in [0.3, 0.4) is 0 Å². The maximum absolute atomic E-state index is 12.3. The number of rotatable bonds is 3. The highest BCUT2D eigenvalue weighted by molar-refractivity contribution is 5.95. The molecule has 1 aromatic carbocycles. The van der Waals surface area contributed by atoms with E-state index in [1.807, 2.05) is 10.6 Å². The first kappa shape index (κ1) is 17.7. The van der Waals surface area contributed by atoms with Crippen LogP contribution in [0.1, 0.15) is 10.4 Å². The van der Waals surface area contributed by atoms with Crippen molar-refractivity contribution in [2.75, 3.05) is 26.1 Å². The van der Waals surface area contributed by atoms with E-state index in [2.05, 4.69) is 25.5 Å². The van der Waals surface area contributed by atoms with Gasteiger partial charge >= 0.3 is 0 Å². The van der Waals surface area contributed by atoms with Crippen LogP contribution in [0.4, 0.5) is 5.82 Å². The lowest BCUT2D eigenvalue weighted by Crippen LogP contribution is -2.24. The predicted octanol–water partition coefficient (Wildman–Crippen LogP) is 1.36. The molecule has 10 heteroatoms. The fraction of sp³-hybridized carbons (Fsp3) is 0.250. The number of H-pyrrole nitrogens is 1. The third-order valence-corrected chi connectivity index (χ3v) is 4.06. The molecule has 2 aromatic heterocycles. The quantitative estimate of drug-likeness (QED) is 0.715. The first-order valence-corrected chi connectivity index (χ1v) is 7.69. The fourth-order valence-corrected chi connectivity index (χ4v) is 2.86. The lowest BCUT2D eigenvalue weighted by atomic mass is 10.2. The first-order valence-electron chi connectivity index (χ1n) is 7.69. The summed E-state index contributed by atoms with van der Waals surface area (Å²) in [5.41, 5.74) is 1.39. The number of ether oxygens (including phenoxy) is 2.